The summed E-state index contributed by atoms with van der Waals surface area (Å²) < 4.78 is 15.2. The Kier molecular flexibility index (Phi) is 23.9. The van der Waals surface area contributed by atoms with Gasteiger partial charge < -0.3 is 14.2 Å². The zero-order chi connectivity index (χ0) is 29.8. The van der Waals surface area contributed by atoms with E-state index >= 15 is 0 Å². The molecule has 2 aromatic rings. The first-order valence-electron chi connectivity index (χ1n) is 16.6. The molecule has 0 aromatic heterocycles. The number of hydrogen-bond donors (Lipinski definition) is 0. The fourth-order valence-electron chi connectivity index (χ4n) is 6.30. The summed E-state index contributed by atoms with van der Waals surface area (Å²) in [5, 5.41) is 2.90. The van der Waals surface area contributed by atoms with E-state index in [1.165, 1.54) is 81.4 Å². The van der Waals surface area contributed by atoms with Crippen LogP contribution in [0.5, 0.6) is 0 Å². The van der Waals surface area contributed by atoms with Crippen molar-refractivity contribution < 1.29 is 40.4 Å². The fraction of sp³-hybridized carbons (Fsp3) is 0.703. The van der Waals surface area contributed by atoms with E-state index in [0.717, 1.165) is 36.5 Å². The van der Waals surface area contributed by atoms with Crippen molar-refractivity contribution in [3.8, 4) is 0 Å². The minimum absolute atomic E-state index is 0. The van der Waals surface area contributed by atoms with Gasteiger partial charge in [0.1, 0.15) is 0 Å². The summed E-state index contributed by atoms with van der Waals surface area (Å²) >= 11 is 0. The van der Waals surface area contributed by atoms with Gasteiger partial charge in [0.25, 0.3) is 5.95 Å². The Bertz CT molecular complexity index is 900. The second-order valence-electron chi connectivity index (χ2n) is 11.4. The van der Waals surface area contributed by atoms with Crippen LogP contribution in [0.15, 0.2) is 47.9 Å². The summed E-state index contributed by atoms with van der Waals surface area (Å²) in [6, 6.07) is 13.5. The molecule has 1 aliphatic heterocycles. The molecule has 0 N–H and O–H groups in total. The molecule has 234 valence electrons. The molecule has 5 rings (SSSR count). The van der Waals surface area contributed by atoms with Crippen molar-refractivity contribution in [3.63, 3.8) is 0 Å². The summed E-state index contributed by atoms with van der Waals surface area (Å²) in [6.07, 6.45) is 16.0. The number of allylic oxidation sites excluding steroid dienone is 1. The van der Waals surface area contributed by atoms with Crippen molar-refractivity contribution in [3.05, 3.63) is 53.5 Å². The standard InChI is InChI=1S/C21H27.C8H16O2.C4H8O.2C2H6.Zr/c1-3-10-20-16(6-1)12-14-18(20)8-5-9-19-15-13-17-7-2-4-11-21(17)19;1-6(2)8(9-5)10-7(3)4;1-2-4-5-3-1;2*1-2;/h1,3,6,10,12,14,17,19,21H,2,4-5,7-9,11,13,15H2;7H,1-5H3;1-4H2;2*1-2H3;/q-1;;;;;. The predicted molar refractivity (Wildman–Crippen MR) is 175 cm³/mol. The van der Waals surface area contributed by atoms with Gasteiger partial charge in [-0.15, -0.1) is 40.6 Å². The summed E-state index contributed by atoms with van der Waals surface area (Å²) in [5.74, 6) is 3.88. The Hall–Kier alpha value is -0.987. The Morgan fingerprint density at radius 2 is 1.56 bits per heavy atom. The topological polar surface area (TPSA) is 27.7 Å². The molecule has 2 saturated carbocycles. The van der Waals surface area contributed by atoms with E-state index in [9.17, 15) is 0 Å². The molecule has 0 spiro atoms. The molecule has 41 heavy (non-hydrogen) atoms. The summed E-state index contributed by atoms with van der Waals surface area (Å²) in [7, 11) is 1.62. The SMILES string of the molecule is C1CCOC1.CC.CC.COC(OC(C)C)=C(C)C.[Zr].c1ccc2c(c1)cc[c-]2CCCC1CCC2CCCCC21. The van der Waals surface area contributed by atoms with E-state index in [1.807, 2.05) is 55.4 Å². The van der Waals surface area contributed by atoms with Gasteiger partial charge in [-0.2, -0.15) is 6.07 Å². The first-order chi connectivity index (χ1) is 19.5. The maximum atomic E-state index is 5.32. The minimum Gasteiger partial charge on any atom is -0.469 e. The number of fused-ring (bicyclic) bond motifs is 2. The Morgan fingerprint density at radius 1 is 0.902 bits per heavy atom. The largest absolute Gasteiger partial charge is 0.469 e. The zero-order valence-electron chi connectivity index (χ0n) is 28.2. The van der Waals surface area contributed by atoms with Gasteiger partial charge in [0.15, 0.2) is 0 Å². The van der Waals surface area contributed by atoms with Gasteiger partial charge in [0.05, 0.1) is 13.2 Å². The molecule has 0 amide bonds. The molecule has 3 atom stereocenters. The molecule has 2 aromatic carbocycles. The monoisotopic (exact) mass is 645 g/mol. The summed E-state index contributed by atoms with van der Waals surface area (Å²) in [6.45, 7) is 17.9. The third-order valence-electron chi connectivity index (χ3n) is 8.04. The predicted octanol–water partition coefficient (Wildman–Crippen LogP) is 11.3. The maximum Gasteiger partial charge on any atom is 0.277 e. The van der Waals surface area contributed by atoms with Crippen LogP contribution in [0.2, 0.25) is 0 Å². The minimum atomic E-state index is 0. The summed E-state index contributed by atoms with van der Waals surface area (Å²) in [5.41, 5.74) is 2.64. The van der Waals surface area contributed by atoms with E-state index in [-0.39, 0.29) is 32.3 Å². The second kappa shape index (κ2) is 24.5. The van der Waals surface area contributed by atoms with E-state index in [1.54, 1.807) is 12.7 Å². The van der Waals surface area contributed by atoms with E-state index < -0.39 is 0 Å². The van der Waals surface area contributed by atoms with E-state index in [4.69, 9.17) is 14.2 Å². The van der Waals surface area contributed by atoms with Crippen LogP contribution < -0.4 is 0 Å². The molecule has 3 fully saturated rings. The molecule has 0 radical (unpaired) electrons. The number of aryl methyl sites for hydroxylation is 1. The zero-order valence-corrected chi connectivity index (χ0v) is 30.6. The Labute approximate surface area is 273 Å². The van der Waals surface area contributed by atoms with Crippen LogP contribution in [0.25, 0.3) is 10.8 Å². The quantitative estimate of drug-likeness (QED) is 0.221. The van der Waals surface area contributed by atoms with Crippen molar-refractivity contribution in [2.45, 2.75) is 132 Å². The van der Waals surface area contributed by atoms with Gasteiger partial charge >= 0.3 is 0 Å². The van der Waals surface area contributed by atoms with Crippen LogP contribution in [0.3, 0.4) is 0 Å². The van der Waals surface area contributed by atoms with Gasteiger partial charge in [0, 0.05) is 45.0 Å². The first-order valence-corrected chi connectivity index (χ1v) is 16.6. The number of methoxy groups -OCH3 is 1. The van der Waals surface area contributed by atoms with Crippen LogP contribution in [0, 0.1) is 17.8 Å². The van der Waals surface area contributed by atoms with Crippen LogP contribution in [0.1, 0.15) is 125 Å². The van der Waals surface area contributed by atoms with Crippen LogP contribution in [-0.2, 0) is 46.8 Å². The van der Waals surface area contributed by atoms with E-state index in [2.05, 4.69) is 36.4 Å². The third-order valence-corrected chi connectivity index (χ3v) is 8.04. The summed E-state index contributed by atoms with van der Waals surface area (Å²) in [4.78, 5) is 0. The average molecular weight is 647 g/mol. The molecule has 1 heterocycles. The Morgan fingerprint density at radius 3 is 2.12 bits per heavy atom. The van der Waals surface area contributed by atoms with Crippen LogP contribution in [-0.4, -0.2) is 26.4 Å². The number of ether oxygens (including phenoxy) is 3. The average Bonchev–Trinajstić information content (AvgIpc) is 3.77. The molecule has 3 unspecified atom stereocenters. The molecular formula is C37H63O3Zr-. The van der Waals surface area contributed by atoms with Crippen LogP contribution >= 0.6 is 0 Å². The molecule has 2 aliphatic carbocycles. The molecule has 1 saturated heterocycles. The molecule has 0 bridgehead atoms. The number of rotatable bonds is 7. The van der Waals surface area contributed by atoms with Crippen LogP contribution in [0.4, 0.5) is 0 Å². The smallest absolute Gasteiger partial charge is 0.277 e. The van der Waals surface area contributed by atoms with Crippen molar-refractivity contribution in [2.75, 3.05) is 20.3 Å². The van der Waals surface area contributed by atoms with Gasteiger partial charge in [0.2, 0.25) is 0 Å². The van der Waals surface area contributed by atoms with Crippen molar-refractivity contribution in [1.29, 1.82) is 0 Å². The van der Waals surface area contributed by atoms with Gasteiger partial charge in [-0.1, -0.05) is 72.3 Å². The van der Waals surface area contributed by atoms with Gasteiger partial charge in [-0.25, -0.2) is 0 Å². The van der Waals surface area contributed by atoms with Crippen molar-refractivity contribution in [2.24, 2.45) is 17.8 Å². The Balaban J connectivity index is 0.000000672. The molecule has 4 heteroatoms. The van der Waals surface area contributed by atoms with Crippen molar-refractivity contribution in [1.82, 2.24) is 0 Å². The van der Waals surface area contributed by atoms with Gasteiger partial charge in [-0.3, -0.25) is 0 Å². The van der Waals surface area contributed by atoms with Gasteiger partial charge in [-0.05, 0) is 77.6 Å². The first kappa shape index (κ1) is 40.0. The number of hydrogen-bond acceptors (Lipinski definition) is 3. The molecule has 3 aliphatic rings. The van der Waals surface area contributed by atoms with Crippen molar-refractivity contribution >= 4 is 10.8 Å². The second-order valence-corrected chi connectivity index (χ2v) is 11.4. The fourth-order valence-corrected chi connectivity index (χ4v) is 6.30. The maximum absolute atomic E-state index is 5.32. The normalized spacial score (nSPS) is 20.3. The molecule has 3 nitrogen and oxygen atoms in total. The molecular weight excluding hydrogens is 584 g/mol. The third kappa shape index (κ3) is 14.8. The number of benzene rings is 1. The van der Waals surface area contributed by atoms with E-state index in [0.29, 0.717) is 5.95 Å².